The van der Waals surface area contributed by atoms with Crippen molar-refractivity contribution in [3.8, 4) is 0 Å². The third kappa shape index (κ3) is 1.11. The summed E-state index contributed by atoms with van der Waals surface area (Å²) in [5.41, 5.74) is 3.03. The molecule has 1 unspecified atom stereocenters. The summed E-state index contributed by atoms with van der Waals surface area (Å²) in [5.74, 6) is 0. The topological polar surface area (TPSA) is 15.6 Å². The monoisotopic (exact) mass is 150 g/mol. The summed E-state index contributed by atoms with van der Waals surface area (Å²) in [7, 11) is 2.19. The van der Waals surface area contributed by atoms with Crippen LogP contribution in [0, 0.1) is 0 Å². The highest BCUT2D eigenvalue weighted by Crippen LogP contribution is 2.23. The first kappa shape index (κ1) is 7.04. The minimum Gasteiger partial charge on any atom is -0.299 e. The van der Waals surface area contributed by atoms with Crippen molar-refractivity contribution < 1.29 is 0 Å². The molecule has 2 rings (SSSR count). The zero-order chi connectivity index (χ0) is 7.84. The molecule has 0 aromatic rings. The van der Waals surface area contributed by atoms with E-state index >= 15 is 0 Å². The molecule has 0 saturated carbocycles. The van der Waals surface area contributed by atoms with Crippen molar-refractivity contribution in [2.24, 2.45) is 4.99 Å². The summed E-state index contributed by atoms with van der Waals surface area (Å²) in [4.78, 5) is 6.67. The second kappa shape index (κ2) is 2.45. The van der Waals surface area contributed by atoms with Gasteiger partial charge in [-0.05, 0) is 31.5 Å². The van der Waals surface area contributed by atoms with Gasteiger partial charge in [0.05, 0.1) is 6.54 Å². The number of nitrogens with zero attached hydrogens (tertiary/aromatic N) is 2. The second-order valence-corrected chi connectivity index (χ2v) is 3.57. The van der Waals surface area contributed by atoms with Crippen LogP contribution in [-0.4, -0.2) is 37.3 Å². The molecule has 0 aromatic carbocycles. The molecule has 2 aliphatic heterocycles. The lowest BCUT2D eigenvalue weighted by molar-refractivity contribution is 0.264. The predicted octanol–water partition coefficient (Wildman–Crippen LogP) is 1.09. The summed E-state index contributed by atoms with van der Waals surface area (Å²) in [6.45, 7) is 4.35. The van der Waals surface area contributed by atoms with Gasteiger partial charge < -0.3 is 0 Å². The fourth-order valence-corrected chi connectivity index (χ4v) is 1.74. The van der Waals surface area contributed by atoms with E-state index in [1.54, 1.807) is 0 Å². The highest BCUT2D eigenvalue weighted by Gasteiger charge is 2.22. The van der Waals surface area contributed by atoms with Gasteiger partial charge in [0.25, 0.3) is 0 Å². The van der Waals surface area contributed by atoms with E-state index in [1.165, 1.54) is 17.6 Å². The van der Waals surface area contributed by atoms with Crippen molar-refractivity contribution in [3.05, 3.63) is 11.1 Å². The smallest absolute Gasteiger partial charge is 0.0618 e. The van der Waals surface area contributed by atoms with Crippen LogP contribution in [0.2, 0.25) is 0 Å². The Balaban J connectivity index is 2.20. The first-order valence-corrected chi connectivity index (χ1v) is 4.18. The van der Waals surface area contributed by atoms with Crippen LogP contribution in [-0.2, 0) is 0 Å². The lowest BCUT2D eigenvalue weighted by Crippen LogP contribution is -2.35. The Morgan fingerprint density at radius 2 is 2.45 bits per heavy atom. The molecule has 2 nitrogen and oxygen atoms in total. The molecule has 60 valence electrons. The lowest BCUT2D eigenvalue weighted by Gasteiger charge is -2.30. The van der Waals surface area contributed by atoms with Crippen LogP contribution in [0.4, 0.5) is 0 Å². The maximum absolute atomic E-state index is 4.27. The van der Waals surface area contributed by atoms with Crippen molar-refractivity contribution >= 4 is 6.21 Å². The molecule has 11 heavy (non-hydrogen) atoms. The first-order valence-electron chi connectivity index (χ1n) is 4.18. The average molecular weight is 150 g/mol. The van der Waals surface area contributed by atoms with E-state index in [1.807, 2.05) is 0 Å². The Labute approximate surface area is 67.6 Å². The highest BCUT2D eigenvalue weighted by atomic mass is 15.1. The van der Waals surface area contributed by atoms with Crippen LogP contribution in [0.5, 0.6) is 0 Å². The molecule has 0 fully saturated rings. The zero-order valence-electron chi connectivity index (χ0n) is 7.17. The van der Waals surface area contributed by atoms with Gasteiger partial charge in [-0.3, -0.25) is 9.89 Å². The predicted molar refractivity (Wildman–Crippen MR) is 47.1 cm³/mol. The van der Waals surface area contributed by atoms with E-state index in [0.29, 0.717) is 6.04 Å². The molecule has 1 atom stereocenters. The molecular weight excluding hydrogens is 136 g/mol. The molecular formula is C9H14N2. The van der Waals surface area contributed by atoms with Gasteiger partial charge in [-0.1, -0.05) is 0 Å². The van der Waals surface area contributed by atoms with Gasteiger partial charge in [0.2, 0.25) is 0 Å². The number of rotatable bonds is 0. The Morgan fingerprint density at radius 1 is 1.64 bits per heavy atom. The van der Waals surface area contributed by atoms with Crippen molar-refractivity contribution in [2.75, 3.05) is 20.1 Å². The molecule has 0 amide bonds. The number of likely N-dealkylation sites (N-methyl/N-ethyl adjacent to an activating group) is 1. The Morgan fingerprint density at radius 3 is 3.27 bits per heavy atom. The van der Waals surface area contributed by atoms with Gasteiger partial charge in [-0.15, -0.1) is 0 Å². The quantitative estimate of drug-likeness (QED) is 0.504. The minimum atomic E-state index is 0.693. The fourth-order valence-electron chi connectivity index (χ4n) is 1.74. The largest absolute Gasteiger partial charge is 0.299 e. The molecule has 0 aliphatic carbocycles. The van der Waals surface area contributed by atoms with Gasteiger partial charge in [0.15, 0.2) is 0 Å². The molecule has 2 heteroatoms. The third-order valence-electron chi connectivity index (χ3n) is 2.69. The summed E-state index contributed by atoms with van der Waals surface area (Å²) in [6, 6.07) is 0.693. The summed E-state index contributed by atoms with van der Waals surface area (Å²) in [6.07, 6.45) is 3.24. The molecule has 0 aromatic heterocycles. The van der Waals surface area contributed by atoms with Crippen molar-refractivity contribution in [3.63, 3.8) is 0 Å². The van der Waals surface area contributed by atoms with Crippen LogP contribution >= 0.6 is 0 Å². The van der Waals surface area contributed by atoms with Gasteiger partial charge >= 0.3 is 0 Å². The lowest BCUT2D eigenvalue weighted by atomic mass is 9.98. The first-order chi connectivity index (χ1) is 5.27. The molecule has 0 saturated heterocycles. The van der Waals surface area contributed by atoms with Crippen molar-refractivity contribution in [1.82, 2.24) is 4.90 Å². The summed E-state index contributed by atoms with van der Waals surface area (Å²) in [5, 5.41) is 0. The van der Waals surface area contributed by atoms with Crippen molar-refractivity contribution in [2.45, 2.75) is 19.4 Å². The average Bonchev–Trinajstić information content (AvgIpc) is 2.36. The van der Waals surface area contributed by atoms with Crippen LogP contribution in [0.3, 0.4) is 0 Å². The molecule has 2 heterocycles. The number of hydrogen-bond acceptors (Lipinski definition) is 2. The Bertz CT molecular complexity index is 228. The Kier molecular flexibility index (Phi) is 1.57. The van der Waals surface area contributed by atoms with Crippen LogP contribution in [0.25, 0.3) is 0 Å². The summed E-state index contributed by atoms with van der Waals surface area (Å²) >= 11 is 0. The van der Waals surface area contributed by atoms with Crippen LogP contribution in [0.1, 0.15) is 13.3 Å². The van der Waals surface area contributed by atoms with Crippen LogP contribution in [0.15, 0.2) is 16.1 Å². The molecule has 0 N–H and O–H groups in total. The van der Waals surface area contributed by atoms with Gasteiger partial charge in [-0.25, -0.2) is 0 Å². The molecule has 0 radical (unpaired) electrons. The Hall–Kier alpha value is -0.630. The second-order valence-electron chi connectivity index (χ2n) is 3.57. The minimum absolute atomic E-state index is 0.693. The summed E-state index contributed by atoms with van der Waals surface area (Å²) < 4.78 is 0. The molecule has 0 bridgehead atoms. The maximum Gasteiger partial charge on any atom is 0.0618 e. The van der Waals surface area contributed by atoms with Crippen molar-refractivity contribution in [1.29, 1.82) is 0 Å². The van der Waals surface area contributed by atoms with E-state index in [4.69, 9.17) is 0 Å². The standard InChI is InChI=1S/C9H14N2/c1-7-3-8-4-10-5-9(8)6-11(7)2/h4,7H,3,5-6H2,1-2H3. The SMILES string of the molecule is CC1CC2=C(CN=C2)CN1C. The van der Waals surface area contributed by atoms with Crippen LogP contribution < -0.4 is 0 Å². The van der Waals surface area contributed by atoms with E-state index in [9.17, 15) is 0 Å². The third-order valence-corrected chi connectivity index (χ3v) is 2.69. The zero-order valence-corrected chi connectivity index (χ0v) is 7.17. The fraction of sp³-hybridized carbons (Fsp3) is 0.667. The molecule has 2 aliphatic rings. The normalized spacial score (nSPS) is 31.3. The highest BCUT2D eigenvalue weighted by molar-refractivity contribution is 5.83. The van der Waals surface area contributed by atoms with E-state index in [2.05, 4.69) is 30.1 Å². The number of aliphatic imine (C=N–C) groups is 1. The van der Waals surface area contributed by atoms with E-state index in [-0.39, 0.29) is 0 Å². The molecule has 0 spiro atoms. The van der Waals surface area contributed by atoms with E-state index in [0.717, 1.165) is 13.1 Å². The number of hydrogen-bond donors (Lipinski definition) is 0. The van der Waals surface area contributed by atoms with Gasteiger partial charge in [-0.2, -0.15) is 0 Å². The van der Waals surface area contributed by atoms with Gasteiger partial charge in [0, 0.05) is 18.8 Å². The van der Waals surface area contributed by atoms with E-state index < -0.39 is 0 Å². The van der Waals surface area contributed by atoms with Gasteiger partial charge in [0.1, 0.15) is 0 Å². The maximum atomic E-state index is 4.27.